The van der Waals surface area contributed by atoms with E-state index in [9.17, 15) is 0 Å². The molecule has 10 rings (SSSR count). The van der Waals surface area contributed by atoms with Crippen LogP contribution in [-0.4, -0.2) is 20.8 Å². The molecule has 2 aromatic heterocycles. The van der Waals surface area contributed by atoms with Crippen LogP contribution in [0.15, 0.2) is 193 Å². The first kappa shape index (κ1) is 30.7. The van der Waals surface area contributed by atoms with Gasteiger partial charge >= 0.3 is 0 Å². The number of nitrogens with two attached hydrogens (primary N) is 1. The van der Waals surface area contributed by atoms with Crippen molar-refractivity contribution in [3.05, 3.63) is 199 Å². The summed E-state index contributed by atoms with van der Waals surface area (Å²) in [4.78, 5) is 4.87. The predicted molar refractivity (Wildman–Crippen MR) is 220 cm³/mol. The van der Waals surface area contributed by atoms with Crippen LogP contribution in [0.1, 0.15) is 11.1 Å². The molecule has 7 aromatic carbocycles. The van der Waals surface area contributed by atoms with Crippen LogP contribution in [0.3, 0.4) is 0 Å². The minimum Gasteiger partial charge on any atom is -0.316 e. The van der Waals surface area contributed by atoms with Crippen LogP contribution < -0.4 is 5.32 Å². The van der Waals surface area contributed by atoms with Crippen molar-refractivity contribution in [3.8, 4) is 22.5 Å². The molecule has 5 nitrogen and oxygen atoms in total. The summed E-state index contributed by atoms with van der Waals surface area (Å²) in [6, 6.07) is 57.6. The maximum Gasteiger partial charge on any atom is 0.238 e. The van der Waals surface area contributed by atoms with Gasteiger partial charge in [-0.2, -0.15) is 4.99 Å². The molecule has 53 heavy (non-hydrogen) atoms. The van der Waals surface area contributed by atoms with Crippen molar-refractivity contribution >= 4 is 60.7 Å². The van der Waals surface area contributed by atoms with Crippen molar-refractivity contribution in [1.29, 1.82) is 5.41 Å². The number of nitrogens with zero attached hydrogens (tertiary/aromatic N) is 3. The number of quaternary nitrogens is 1. The quantitative estimate of drug-likeness (QED) is 0.134. The Labute approximate surface area is 306 Å². The van der Waals surface area contributed by atoms with Crippen LogP contribution in [-0.2, 0) is 0 Å². The number of aliphatic imine (C=N–C) groups is 1. The number of hydrogen-bond donors (Lipinski definition) is 2. The van der Waals surface area contributed by atoms with Gasteiger partial charge in [-0.25, -0.2) is 0 Å². The summed E-state index contributed by atoms with van der Waals surface area (Å²) in [6.45, 7) is 0. The highest BCUT2D eigenvalue weighted by Gasteiger charge is 2.19. The number of amidine groups is 2. The lowest BCUT2D eigenvalue weighted by atomic mass is 9.95. The Morgan fingerprint density at radius 1 is 0.547 bits per heavy atom. The lowest BCUT2D eigenvalue weighted by molar-refractivity contribution is -0.459. The first-order valence-corrected chi connectivity index (χ1v) is 17.9. The largest absolute Gasteiger partial charge is 0.316 e. The summed E-state index contributed by atoms with van der Waals surface area (Å²) in [5, 5.41) is 17.2. The zero-order chi connectivity index (χ0) is 35.3. The van der Waals surface area contributed by atoms with Gasteiger partial charge in [-0.1, -0.05) is 109 Å². The third kappa shape index (κ3) is 5.22. The smallest absolute Gasteiger partial charge is 0.238 e. The normalized spacial score (nSPS) is 13.7. The Kier molecular flexibility index (Phi) is 7.30. The molecule has 0 spiro atoms. The number of benzene rings is 7. The maximum absolute atomic E-state index is 9.07. The second-order valence-corrected chi connectivity index (χ2v) is 13.4. The van der Waals surface area contributed by atoms with E-state index in [1.54, 1.807) is 0 Å². The van der Waals surface area contributed by atoms with Gasteiger partial charge in [0.15, 0.2) is 5.84 Å². The first-order valence-electron chi connectivity index (χ1n) is 17.9. The molecule has 0 amide bonds. The van der Waals surface area contributed by atoms with Gasteiger partial charge in [-0.05, 0) is 94.2 Å². The highest BCUT2D eigenvalue weighted by molar-refractivity contribution is 6.23. The van der Waals surface area contributed by atoms with Crippen LogP contribution in [0.2, 0.25) is 0 Å². The summed E-state index contributed by atoms with van der Waals surface area (Å²) in [5.41, 5.74) is 10.9. The number of para-hydroxylation sites is 2. The van der Waals surface area contributed by atoms with Crippen LogP contribution >= 0.6 is 0 Å². The molecule has 3 heterocycles. The monoisotopic (exact) mass is 680 g/mol. The van der Waals surface area contributed by atoms with E-state index < -0.39 is 0 Å². The summed E-state index contributed by atoms with van der Waals surface area (Å²) in [5.74, 6) is 0.994. The summed E-state index contributed by atoms with van der Waals surface area (Å²) < 4.78 is 4.60. The van der Waals surface area contributed by atoms with Gasteiger partial charge in [0.1, 0.15) is 0 Å². The minimum absolute atomic E-state index is 0.223. The van der Waals surface area contributed by atoms with E-state index in [0.29, 0.717) is 0 Å². The second kappa shape index (κ2) is 12.6. The summed E-state index contributed by atoms with van der Waals surface area (Å²) >= 11 is 0. The molecule has 1 aliphatic rings. The van der Waals surface area contributed by atoms with E-state index in [4.69, 9.17) is 10.4 Å². The number of hydrogen-bond acceptors (Lipinski definition) is 1. The number of allylic oxidation sites excluding steroid dienone is 2. The molecule has 0 bridgehead atoms. The lowest BCUT2D eigenvalue weighted by Gasteiger charge is -2.13. The molecule has 0 unspecified atom stereocenters. The van der Waals surface area contributed by atoms with E-state index in [2.05, 4.69) is 167 Å². The highest BCUT2D eigenvalue weighted by atomic mass is 15.0. The number of fused-ring (bicyclic) bond motifs is 6. The minimum atomic E-state index is 0.223. The van der Waals surface area contributed by atoms with Gasteiger partial charge in [-0.3, -0.25) is 10.7 Å². The van der Waals surface area contributed by atoms with Crippen molar-refractivity contribution in [2.24, 2.45) is 4.99 Å². The van der Waals surface area contributed by atoms with E-state index in [1.165, 1.54) is 43.6 Å². The van der Waals surface area contributed by atoms with E-state index in [-0.39, 0.29) is 5.84 Å². The van der Waals surface area contributed by atoms with Crippen LogP contribution in [0, 0.1) is 5.41 Å². The fraction of sp³-hybridized carbons (Fsp3) is 0. The zero-order valence-electron chi connectivity index (χ0n) is 28.8. The Morgan fingerprint density at radius 3 is 2.13 bits per heavy atom. The van der Waals surface area contributed by atoms with Crippen molar-refractivity contribution in [2.45, 2.75) is 0 Å². The molecule has 0 atom stereocenters. The molecule has 3 N–H and O–H groups in total. The lowest BCUT2D eigenvalue weighted by Crippen LogP contribution is -2.83. The van der Waals surface area contributed by atoms with Crippen molar-refractivity contribution in [3.63, 3.8) is 0 Å². The first-order chi connectivity index (χ1) is 26.2. The molecule has 5 heteroatoms. The topological polar surface area (TPSA) is 62.7 Å². The van der Waals surface area contributed by atoms with E-state index in [0.717, 1.165) is 44.9 Å². The molecular weight excluding hydrogens is 647 g/mol. The average Bonchev–Trinajstić information content (AvgIpc) is 3.81. The van der Waals surface area contributed by atoms with Crippen LogP contribution in [0.4, 0.5) is 0 Å². The molecule has 0 saturated heterocycles. The number of aromatic nitrogens is 2. The van der Waals surface area contributed by atoms with E-state index in [1.807, 2.05) is 35.8 Å². The van der Waals surface area contributed by atoms with Gasteiger partial charge in [-0.15, -0.1) is 0 Å². The van der Waals surface area contributed by atoms with E-state index >= 15 is 0 Å². The van der Waals surface area contributed by atoms with Crippen molar-refractivity contribution in [2.75, 3.05) is 0 Å². The molecule has 250 valence electrons. The Balaban J connectivity index is 0.982. The number of nitrogens with one attached hydrogen (secondary N) is 1. The predicted octanol–water partition coefficient (Wildman–Crippen LogP) is 10.4. The van der Waals surface area contributed by atoms with Crippen LogP contribution in [0.5, 0.6) is 0 Å². The fourth-order valence-electron chi connectivity index (χ4n) is 7.83. The molecule has 0 saturated carbocycles. The van der Waals surface area contributed by atoms with Crippen LogP contribution in [0.25, 0.3) is 71.6 Å². The average molecular weight is 681 g/mol. The standard InChI is InChI=1S/C48H33N5/c49-47(51-48-40(17-9-30-50-48)34-21-19-33(20-22-34)39-16-8-11-32-10-4-5-14-38(32)39)35-23-25-37(26-24-35)53-45-18-7-6-15-41(45)42-27-28-44-43(46(42)53)29-31-52(44)36-12-2-1-3-13-36/h1-31H,(H2,49,50,51)/p+1. The van der Waals surface area contributed by atoms with Crippen molar-refractivity contribution in [1.82, 2.24) is 9.13 Å². The molecule has 0 radical (unpaired) electrons. The third-order valence-electron chi connectivity index (χ3n) is 10.4. The third-order valence-corrected chi connectivity index (χ3v) is 10.4. The van der Waals surface area contributed by atoms with Gasteiger partial charge in [0.05, 0.1) is 28.3 Å². The highest BCUT2D eigenvalue weighted by Crippen LogP contribution is 2.38. The molecule has 1 aliphatic heterocycles. The Bertz CT molecular complexity index is 2950. The molecule has 0 fully saturated rings. The second-order valence-electron chi connectivity index (χ2n) is 13.4. The molecule has 9 aromatic rings. The fourth-order valence-corrected chi connectivity index (χ4v) is 7.83. The SMILES string of the molecule is N=C(N=C1[NH2+]C=CC=C1c1ccc(-c2cccc3ccccc23)cc1)c1ccc(-n2c3ccccc3c3ccc4c(ccn4-c4ccccc4)c32)cc1. The maximum atomic E-state index is 9.07. The summed E-state index contributed by atoms with van der Waals surface area (Å²) in [6.07, 6.45) is 8.25. The Hall–Kier alpha value is -7.08. The van der Waals surface area contributed by atoms with Gasteiger partial charge in [0.2, 0.25) is 5.84 Å². The van der Waals surface area contributed by atoms with Gasteiger partial charge in [0.25, 0.3) is 0 Å². The van der Waals surface area contributed by atoms with Gasteiger partial charge < -0.3 is 9.13 Å². The van der Waals surface area contributed by atoms with Crippen molar-refractivity contribution < 1.29 is 5.32 Å². The summed E-state index contributed by atoms with van der Waals surface area (Å²) in [7, 11) is 0. The Morgan fingerprint density at radius 2 is 1.28 bits per heavy atom. The number of rotatable bonds is 5. The molecular formula is C48H34N5+. The molecule has 0 aliphatic carbocycles. The van der Waals surface area contributed by atoms with Gasteiger partial charge in [0, 0.05) is 39.3 Å². The zero-order valence-corrected chi connectivity index (χ0v) is 28.8.